The van der Waals surface area contributed by atoms with Crippen molar-refractivity contribution < 1.29 is 9.90 Å². The summed E-state index contributed by atoms with van der Waals surface area (Å²) in [4.78, 5) is 19.6. The van der Waals surface area contributed by atoms with E-state index in [0.717, 1.165) is 34.8 Å². The summed E-state index contributed by atoms with van der Waals surface area (Å²) in [5.74, 6) is -0.914. The Kier molecular flexibility index (Phi) is 1.91. The molecule has 0 radical (unpaired) electrons. The average molecular weight is 234 g/mol. The highest BCUT2D eigenvalue weighted by Crippen LogP contribution is 2.36. The van der Waals surface area contributed by atoms with Crippen molar-refractivity contribution in [2.45, 2.75) is 19.8 Å². The number of carboxylic acid groups (broad SMARTS) is 1. The van der Waals surface area contributed by atoms with Gasteiger partial charge in [0, 0.05) is 16.1 Å². The van der Waals surface area contributed by atoms with Gasteiger partial charge in [0.05, 0.1) is 10.7 Å². The van der Waals surface area contributed by atoms with Gasteiger partial charge in [-0.25, -0.2) is 9.78 Å². The van der Waals surface area contributed by atoms with Gasteiger partial charge in [-0.3, -0.25) is 0 Å². The molecule has 0 saturated heterocycles. The van der Waals surface area contributed by atoms with E-state index >= 15 is 0 Å². The molecule has 0 saturated carbocycles. The number of hydrogen-bond acceptors (Lipinski definition) is 3. The topological polar surface area (TPSA) is 66.0 Å². The summed E-state index contributed by atoms with van der Waals surface area (Å²) in [5, 5.41) is 9.98. The van der Waals surface area contributed by atoms with Crippen molar-refractivity contribution in [3.05, 3.63) is 27.3 Å². The Balaban J connectivity index is 2.19. The number of aromatic carboxylic acids is 1. The van der Waals surface area contributed by atoms with Crippen LogP contribution in [0.25, 0.3) is 11.3 Å². The lowest BCUT2D eigenvalue weighted by atomic mass is 10.0. The summed E-state index contributed by atoms with van der Waals surface area (Å²) in [7, 11) is 0. The molecule has 2 N–H and O–H groups in total. The summed E-state index contributed by atoms with van der Waals surface area (Å²) in [6.07, 6.45) is 1.82. The molecule has 16 heavy (non-hydrogen) atoms. The molecule has 0 amide bonds. The summed E-state index contributed by atoms with van der Waals surface area (Å²) in [6.45, 7) is 1.98. The van der Waals surface area contributed by atoms with Crippen molar-refractivity contribution in [3.63, 3.8) is 0 Å². The minimum Gasteiger partial charge on any atom is -0.477 e. The molecular weight excluding hydrogens is 224 g/mol. The number of aromatic nitrogens is 2. The second-order valence-electron chi connectivity index (χ2n) is 3.89. The number of H-pyrrole nitrogens is 1. The van der Waals surface area contributed by atoms with Crippen molar-refractivity contribution >= 4 is 17.3 Å². The largest absolute Gasteiger partial charge is 0.477 e. The Bertz CT molecular complexity index is 583. The van der Waals surface area contributed by atoms with Crippen LogP contribution in [0, 0.1) is 6.92 Å². The number of carboxylic acids is 1. The van der Waals surface area contributed by atoms with Gasteiger partial charge in [-0.05, 0) is 25.8 Å². The van der Waals surface area contributed by atoms with Crippen molar-refractivity contribution in [3.8, 4) is 11.3 Å². The molecule has 0 unspecified atom stereocenters. The zero-order valence-electron chi connectivity index (χ0n) is 8.70. The highest BCUT2D eigenvalue weighted by molar-refractivity contribution is 7.12. The van der Waals surface area contributed by atoms with Crippen molar-refractivity contribution in [1.82, 2.24) is 9.97 Å². The monoisotopic (exact) mass is 234 g/mol. The van der Waals surface area contributed by atoms with Crippen LogP contribution in [0.2, 0.25) is 0 Å². The number of hydrogen-bond donors (Lipinski definition) is 2. The summed E-state index contributed by atoms with van der Waals surface area (Å²) in [5.41, 5.74) is 3.18. The lowest BCUT2D eigenvalue weighted by molar-refractivity contribution is 0.0691. The lowest BCUT2D eigenvalue weighted by Crippen LogP contribution is -2.01. The highest BCUT2D eigenvalue weighted by Gasteiger charge is 2.23. The standard InChI is InChI=1S/C11H10N2O2S/c1-5-12-10-6-4-8(11(14)15)13-7(6)2-3-9(10)16-5/h4,13H,2-3H2,1H3,(H,14,15). The molecule has 1 aliphatic carbocycles. The van der Waals surface area contributed by atoms with Crippen LogP contribution in [0.4, 0.5) is 0 Å². The van der Waals surface area contributed by atoms with E-state index in [9.17, 15) is 4.79 Å². The minimum absolute atomic E-state index is 0.253. The highest BCUT2D eigenvalue weighted by atomic mass is 32.1. The number of aromatic amines is 1. The van der Waals surface area contributed by atoms with E-state index < -0.39 is 5.97 Å². The molecule has 0 bridgehead atoms. The van der Waals surface area contributed by atoms with E-state index in [1.807, 2.05) is 6.92 Å². The second kappa shape index (κ2) is 3.18. The minimum atomic E-state index is -0.914. The SMILES string of the molecule is Cc1nc2c(s1)CCc1[nH]c(C(=O)O)cc1-2. The van der Waals surface area contributed by atoms with Crippen LogP contribution in [0.15, 0.2) is 6.07 Å². The van der Waals surface area contributed by atoms with Gasteiger partial charge < -0.3 is 10.1 Å². The van der Waals surface area contributed by atoms with E-state index in [2.05, 4.69) is 9.97 Å². The smallest absolute Gasteiger partial charge is 0.352 e. The van der Waals surface area contributed by atoms with E-state index in [1.165, 1.54) is 4.88 Å². The number of aryl methyl sites for hydroxylation is 3. The summed E-state index contributed by atoms with van der Waals surface area (Å²) >= 11 is 1.70. The first-order valence-electron chi connectivity index (χ1n) is 5.07. The van der Waals surface area contributed by atoms with Crippen LogP contribution >= 0.6 is 11.3 Å². The molecule has 0 aromatic carbocycles. The van der Waals surface area contributed by atoms with Crippen LogP contribution in [0.5, 0.6) is 0 Å². The van der Waals surface area contributed by atoms with Gasteiger partial charge in [-0.15, -0.1) is 11.3 Å². The van der Waals surface area contributed by atoms with Crippen LogP contribution in [-0.2, 0) is 12.8 Å². The maximum Gasteiger partial charge on any atom is 0.352 e. The molecule has 0 aliphatic heterocycles. The number of nitrogens with zero attached hydrogens (tertiary/aromatic N) is 1. The van der Waals surface area contributed by atoms with Crippen molar-refractivity contribution in [1.29, 1.82) is 0 Å². The van der Waals surface area contributed by atoms with E-state index in [-0.39, 0.29) is 5.69 Å². The summed E-state index contributed by atoms with van der Waals surface area (Å²) < 4.78 is 0. The Morgan fingerprint density at radius 3 is 3.12 bits per heavy atom. The molecule has 0 atom stereocenters. The first-order valence-corrected chi connectivity index (χ1v) is 5.88. The van der Waals surface area contributed by atoms with Crippen LogP contribution < -0.4 is 0 Å². The van der Waals surface area contributed by atoms with E-state index in [0.29, 0.717) is 0 Å². The molecule has 2 heterocycles. The fourth-order valence-electron chi connectivity index (χ4n) is 2.11. The molecule has 4 nitrogen and oxygen atoms in total. The maximum atomic E-state index is 10.9. The third-order valence-corrected chi connectivity index (χ3v) is 3.82. The van der Waals surface area contributed by atoms with Gasteiger partial charge in [-0.1, -0.05) is 0 Å². The molecule has 82 valence electrons. The first kappa shape index (κ1) is 9.59. The van der Waals surface area contributed by atoms with Crippen molar-refractivity contribution in [2.75, 3.05) is 0 Å². The van der Waals surface area contributed by atoms with Crippen LogP contribution in [0.3, 0.4) is 0 Å². The molecular formula is C11H10N2O2S. The fourth-order valence-corrected chi connectivity index (χ4v) is 3.06. The predicted octanol–water partition coefficient (Wildman–Crippen LogP) is 2.24. The first-order chi connectivity index (χ1) is 7.65. The normalized spacial score (nSPS) is 13.3. The van der Waals surface area contributed by atoms with E-state index in [4.69, 9.17) is 5.11 Å². The molecule has 5 heteroatoms. The number of nitrogens with one attached hydrogen (secondary N) is 1. The number of carbonyl (C=O) groups is 1. The van der Waals surface area contributed by atoms with Gasteiger partial charge in [-0.2, -0.15) is 0 Å². The Hall–Kier alpha value is -1.62. The average Bonchev–Trinajstić information content (AvgIpc) is 2.77. The van der Waals surface area contributed by atoms with Gasteiger partial charge in [0.2, 0.25) is 0 Å². The van der Waals surface area contributed by atoms with Gasteiger partial charge >= 0.3 is 5.97 Å². The van der Waals surface area contributed by atoms with Crippen LogP contribution in [-0.4, -0.2) is 21.0 Å². The maximum absolute atomic E-state index is 10.9. The lowest BCUT2D eigenvalue weighted by Gasteiger charge is -2.09. The third kappa shape index (κ3) is 1.28. The number of fused-ring (bicyclic) bond motifs is 3. The number of thiazole rings is 1. The van der Waals surface area contributed by atoms with Crippen molar-refractivity contribution in [2.24, 2.45) is 0 Å². The Morgan fingerprint density at radius 2 is 2.38 bits per heavy atom. The Morgan fingerprint density at radius 1 is 1.56 bits per heavy atom. The van der Waals surface area contributed by atoms with Gasteiger partial charge in [0.1, 0.15) is 5.69 Å². The van der Waals surface area contributed by atoms with Crippen LogP contribution in [0.1, 0.15) is 26.1 Å². The van der Waals surface area contributed by atoms with E-state index in [1.54, 1.807) is 17.4 Å². The molecule has 2 aromatic rings. The molecule has 3 rings (SSSR count). The molecule has 0 spiro atoms. The predicted molar refractivity (Wildman–Crippen MR) is 61.0 cm³/mol. The summed E-state index contributed by atoms with van der Waals surface area (Å²) in [6, 6.07) is 1.69. The Labute approximate surface area is 96.0 Å². The fraction of sp³-hybridized carbons (Fsp3) is 0.273. The zero-order chi connectivity index (χ0) is 11.3. The van der Waals surface area contributed by atoms with Gasteiger partial charge in [0.15, 0.2) is 0 Å². The quantitative estimate of drug-likeness (QED) is 0.795. The second-order valence-corrected chi connectivity index (χ2v) is 5.17. The molecule has 1 aliphatic rings. The molecule has 2 aromatic heterocycles. The third-order valence-electron chi connectivity index (χ3n) is 2.79. The molecule has 0 fully saturated rings. The van der Waals surface area contributed by atoms with Gasteiger partial charge in [0.25, 0.3) is 0 Å². The zero-order valence-corrected chi connectivity index (χ0v) is 9.52. The number of rotatable bonds is 1.